The van der Waals surface area contributed by atoms with E-state index >= 15 is 0 Å². The van der Waals surface area contributed by atoms with Crippen LogP contribution < -0.4 is 4.74 Å². The zero-order valence-electron chi connectivity index (χ0n) is 13.5. The Kier molecular flexibility index (Phi) is 6.46. The molecule has 0 saturated carbocycles. The number of rotatable bonds is 6. The first-order chi connectivity index (χ1) is 10.7. The zero-order valence-corrected chi connectivity index (χ0v) is 13.5. The van der Waals surface area contributed by atoms with Gasteiger partial charge in [0.15, 0.2) is 0 Å². The van der Waals surface area contributed by atoms with Crippen molar-refractivity contribution in [2.45, 2.75) is 31.7 Å². The lowest BCUT2D eigenvalue weighted by Crippen LogP contribution is -2.37. The number of carbonyl (C=O) groups excluding carboxylic acids is 1. The third-order valence-electron chi connectivity index (χ3n) is 4.15. The number of ether oxygens (including phenoxy) is 2. The zero-order chi connectivity index (χ0) is 15.8. The molecule has 1 atom stereocenters. The lowest BCUT2D eigenvalue weighted by Gasteiger charge is -2.32. The summed E-state index contributed by atoms with van der Waals surface area (Å²) in [5.74, 6) is 0.444. The van der Waals surface area contributed by atoms with Crippen molar-refractivity contribution < 1.29 is 14.3 Å². The fourth-order valence-electron chi connectivity index (χ4n) is 2.81. The highest BCUT2D eigenvalue weighted by atomic mass is 16.5. The topological polar surface area (TPSA) is 38.8 Å². The van der Waals surface area contributed by atoms with Gasteiger partial charge in [-0.2, -0.15) is 0 Å². The molecule has 0 radical (unpaired) electrons. The summed E-state index contributed by atoms with van der Waals surface area (Å²) >= 11 is 0. The molecule has 0 bridgehead atoms. The summed E-state index contributed by atoms with van der Waals surface area (Å²) in [6, 6.07) is 8.12. The van der Waals surface area contributed by atoms with Crippen LogP contribution in [-0.4, -0.2) is 44.2 Å². The second-order valence-electron chi connectivity index (χ2n) is 5.66. The van der Waals surface area contributed by atoms with Crippen LogP contribution >= 0.6 is 0 Å². The van der Waals surface area contributed by atoms with E-state index in [4.69, 9.17) is 9.47 Å². The molecule has 0 amide bonds. The van der Waals surface area contributed by atoms with Crippen molar-refractivity contribution in [1.82, 2.24) is 4.90 Å². The second kappa shape index (κ2) is 8.59. The standard InChI is InChI=1S/C18H25NO3/c1-19-13-6-5-8-16(19)12-14-22-18(20)11-10-15-7-3-4-9-17(15)21-2/h3-4,7,9-11,16H,5-6,8,12-14H2,1-2H3/b11-10+. The highest BCUT2D eigenvalue weighted by molar-refractivity contribution is 5.87. The molecule has 1 aliphatic rings. The van der Waals surface area contributed by atoms with Crippen molar-refractivity contribution in [2.75, 3.05) is 27.3 Å². The van der Waals surface area contributed by atoms with E-state index in [-0.39, 0.29) is 5.97 Å². The Morgan fingerprint density at radius 1 is 1.36 bits per heavy atom. The number of methoxy groups -OCH3 is 1. The maximum Gasteiger partial charge on any atom is 0.330 e. The molecule has 1 heterocycles. The third kappa shape index (κ3) is 4.88. The van der Waals surface area contributed by atoms with Gasteiger partial charge < -0.3 is 14.4 Å². The molecule has 0 N–H and O–H groups in total. The van der Waals surface area contributed by atoms with E-state index in [1.807, 2.05) is 24.3 Å². The van der Waals surface area contributed by atoms with Gasteiger partial charge >= 0.3 is 5.97 Å². The van der Waals surface area contributed by atoms with Crippen LogP contribution in [0, 0.1) is 0 Å². The van der Waals surface area contributed by atoms with Crippen molar-refractivity contribution in [2.24, 2.45) is 0 Å². The molecule has 4 heteroatoms. The maximum absolute atomic E-state index is 11.8. The van der Waals surface area contributed by atoms with Gasteiger partial charge in [-0.1, -0.05) is 24.6 Å². The van der Waals surface area contributed by atoms with Gasteiger partial charge in [0.25, 0.3) is 0 Å². The smallest absolute Gasteiger partial charge is 0.330 e. The molecule has 1 aromatic rings. The molecule has 1 unspecified atom stereocenters. The summed E-state index contributed by atoms with van der Waals surface area (Å²) in [7, 11) is 3.76. The minimum Gasteiger partial charge on any atom is -0.496 e. The Balaban J connectivity index is 1.76. The first kappa shape index (κ1) is 16.6. The molecule has 1 fully saturated rings. The Labute approximate surface area is 132 Å². The summed E-state index contributed by atoms with van der Waals surface area (Å²) in [5.41, 5.74) is 0.869. The van der Waals surface area contributed by atoms with E-state index in [9.17, 15) is 4.79 Å². The van der Waals surface area contributed by atoms with Gasteiger partial charge in [-0.3, -0.25) is 0 Å². The summed E-state index contributed by atoms with van der Waals surface area (Å²) < 4.78 is 10.5. The van der Waals surface area contributed by atoms with Crippen LogP contribution in [0.15, 0.2) is 30.3 Å². The van der Waals surface area contributed by atoms with Crippen molar-refractivity contribution in [3.63, 3.8) is 0 Å². The van der Waals surface area contributed by atoms with Gasteiger partial charge in [0.1, 0.15) is 5.75 Å². The van der Waals surface area contributed by atoms with Crippen molar-refractivity contribution in [3.8, 4) is 5.75 Å². The first-order valence-corrected chi connectivity index (χ1v) is 7.89. The van der Waals surface area contributed by atoms with E-state index in [1.165, 1.54) is 25.3 Å². The number of piperidine rings is 1. The number of nitrogens with zero attached hydrogens (tertiary/aromatic N) is 1. The van der Waals surface area contributed by atoms with Gasteiger partial charge in [-0.15, -0.1) is 0 Å². The molecule has 0 spiro atoms. The van der Waals surface area contributed by atoms with Gasteiger partial charge in [0, 0.05) is 17.7 Å². The van der Waals surface area contributed by atoms with Crippen LogP contribution in [0.5, 0.6) is 5.75 Å². The van der Waals surface area contributed by atoms with Crippen LogP contribution in [0.2, 0.25) is 0 Å². The minimum atomic E-state index is -0.302. The van der Waals surface area contributed by atoms with E-state index < -0.39 is 0 Å². The summed E-state index contributed by atoms with van der Waals surface area (Å²) in [4.78, 5) is 14.1. The van der Waals surface area contributed by atoms with Crippen LogP contribution in [0.3, 0.4) is 0 Å². The summed E-state index contributed by atoms with van der Waals surface area (Å²) in [6.45, 7) is 1.62. The second-order valence-corrected chi connectivity index (χ2v) is 5.66. The molecule has 120 valence electrons. The number of hydrogen-bond donors (Lipinski definition) is 0. The number of carbonyl (C=O) groups is 1. The highest BCUT2D eigenvalue weighted by Gasteiger charge is 2.18. The molecule has 0 aliphatic carbocycles. The molecule has 2 rings (SSSR count). The van der Waals surface area contributed by atoms with Crippen molar-refractivity contribution >= 4 is 12.0 Å². The average Bonchev–Trinajstić information content (AvgIpc) is 2.55. The number of hydrogen-bond acceptors (Lipinski definition) is 4. The Morgan fingerprint density at radius 2 is 2.18 bits per heavy atom. The highest BCUT2D eigenvalue weighted by Crippen LogP contribution is 2.19. The molecule has 0 aromatic heterocycles. The monoisotopic (exact) mass is 303 g/mol. The number of para-hydroxylation sites is 1. The number of benzene rings is 1. The Hall–Kier alpha value is -1.81. The fourth-order valence-corrected chi connectivity index (χ4v) is 2.81. The lowest BCUT2D eigenvalue weighted by atomic mass is 10.0. The first-order valence-electron chi connectivity index (χ1n) is 7.89. The lowest BCUT2D eigenvalue weighted by molar-refractivity contribution is -0.138. The van der Waals surface area contributed by atoms with Gasteiger partial charge in [0.05, 0.1) is 13.7 Å². The third-order valence-corrected chi connectivity index (χ3v) is 4.15. The molecule has 1 saturated heterocycles. The number of likely N-dealkylation sites (tertiary alicyclic amines) is 1. The Bertz CT molecular complexity index is 513. The van der Waals surface area contributed by atoms with Gasteiger partial charge in [-0.05, 0) is 45.0 Å². The maximum atomic E-state index is 11.8. The molecule has 4 nitrogen and oxygen atoms in total. The van der Waals surface area contributed by atoms with Crippen LogP contribution in [0.1, 0.15) is 31.2 Å². The fraction of sp³-hybridized carbons (Fsp3) is 0.500. The molecular weight excluding hydrogens is 278 g/mol. The van der Waals surface area contributed by atoms with E-state index in [1.54, 1.807) is 13.2 Å². The minimum absolute atomic E-state index is 0.302. The van der Waals surface area contributed by atoms with Crippen LogP contribution in [0.25, 0.3) is 6.08 Å². The van der Waals surface area contributed by atoms with Crippen LogP contribution in [-0.2, 0) is 9.53 Å². The normalized spacial score (nSPS) is 19.3. The predicted octanol–water partition coefficient (Wildman–Crippen LogP) is 3.13. The summed E-state index contributed by atoms with van der Waals surface area (Å²) in [5, 5.41) is 0. The van der Waals surface area contributed by atoms with Crippen molar-refractivity contribution in [3.05, 3.63) is 35.9 Å². The molecule has 1 aliphatic heterocycles. The van der Waals surface area contributed by atoms with Gasteiger partial charge in [-0.25, -0.2) is 4.79 Å². The van der Waals surface area contributed by atoms with E-state index in [2.05, 4.69) is 11.9 Å². The molecule has 1 aromatic carbocycles. The van der Waals surface area contributed by atoms with E-state index in [0.717, 1.165) is 24.3 Å². The summed E-state index contributed by atoms with van der Waals surface area (Å²) in [6.07, 6.45) is 7.84. The predicted molar refractivity (Wildman–Crippen MR) is 87.9 cm³/mol. The van der Waals surface area contributed by atoms with Gasteiger partial charge in [0.2, 0.25) is 0 Å². The van der Waals surface area contributed by atoms with Crippen LogP contribution in [0.4, 0.5) is 0 Å². The quantitative estimate of drug-likeness (QED) is 0.598. The number of esters is 1. The Morgan fingerprint density at radius 3 is 2.95 bits per heavy atom. The molecular formula is C18H25NO3. The SMILES string of the molecule is COc1ccccc1/C=C/C(=O)OCCC1CCCCN1C. The molecule has 22 heavy (non-hydrogen) atoms. The van der Waals surface area contributed by atoms with Crippen molar-refractivity contribution in [1.29, 1.82) is 0 Å². The average molecular weight is 303 g/mol. The largest absolute Gasteiger partial charge is 0.496 e. The van der Waals surface area contributed by atoms with E-state index in [0.29, 0.717) is 12.6 Å².